The Kier molecular flexibility index (Phi) is 7.62. The van der Waals surface area contributed by atoms with Gasteiger partial charge >= 0.3 is 0 Å². The number of benzene rings is 1. The molecule has 154 valence electrons. The summed E-state index contributed by atoms with van der Waals surface area (Å²) in [6.45, 7) is 7.21. The Balaban J connectivity index is 1.75. The minimum atomic E-state index is -0.160. The van der Waals surface area contributed by atoms with E-state index in [9.17, 15) is 4.79 Å². The molecule has 1 aromatic carbocycles. The van der Waals surface area contributed by atoms with Gasteiger partial charge < -0.3 is 9.88 Å². The molecule has 3 rings (SSSR count). The van der Waals surface area contributed by atoms with Crippen molar-refractivity contribution in [2.24, 2.45) is 0 Å². The van der Waals surface area contributed by atoms with Crippen molar-refractivity contribution in [2.75, 3.05) is 11.1 Å². The average Bonchev–Trinajstić information content (AvgIpc) is 3.25. The van der Waals surface area contributed by atoms with E-state index < -0.39 is 0 Å². The number of aromatic nitrogens is 3. The molecular formula is C20H22Cl2N4OS2. The molecule has 0 saturated heterocycles. The Labute approximate surface area is 188 Å². The van der Waals surface area contributed by atoms with Crippen molar-refractivity contribution in [2.45, 2.75) is 45.3 Å². The van der Waals surface area contributed by atoms with Crippen molar-refractivity contribution in [3.8, 4) is 11.4 Å². The van der Waals surface area contributed by atoms with Gasteiger partial charge in [-0.25, -0.2) is 0 Å². The highest BCUT2D eigenvalue weighted by atomic mass is 35.5. The summed E-state index contributed by atoms with van der Waals surface area (Å²) >= 11 is 15.1. The van der Waals surface area contributed by atoms with Crippen molar-refractivity contribution in [3.05, 3.63) is 44.1 Å². The molecule has 0 aliphatic heterocycles. The molecule has 1 N–H and O–H groups in total. The Morgan fingerprint density at radius 3 is 2.76 bits per heavy atom. The molecule has 0 aliphatic carbocycles. The first-order valence-corrected chi connectivity index (χ1v) is 11.9. The highest BCUT2D eigenvalue weighted by Gasteiger charge is 2.19. The van der Waals surface area contributed by atoms with Crippen molar-refractivity contribution in [1.29, 1.82) is 0 Å². The second-order valence-electron chi connectivity index (χ2n) is 6.46. The number of rotatable bonds is 8. The maximum absolute atomic E-state index is 12.4. The summed E-state index contributed by atoms with van der Waals surface area (Å²) in [7, 11) is 0. The van der Waals surface area contributed by atoms with Gasteiger partial charge in [-0.05, 0) is 43.5 Å². The van der Waals surface area contributed by atoms with Crippen LogP contribution in [0.2, 0.25) is 10.0 Å². The fourth-order valence-corrected chi connectivity index (χ4v) is 5.19. The van der Waals surface area contributed by atoms with Crippen LogP contribution >= 0.6 is 46.3 Å². The third-order valence-electron chi connectivity index (χ3n) is 4.40. The van der Waals surface area contributed by atoms with Crippen molar-refractivity contribution in [1.82, 2.24) is 14.8 Å². The predicted octanol–water partition coefficient (Wildman–Crippen LogP) is 6.33. The van der Waals surface area contributed by atoms with Crippen LogP contribution in [0.3, 0.4) is 0 Å². The first-order valence-electron chi connectivity index (χ1n) is 9.32. The smallest absolute Gasteiger partial charge is 0.234 e. The second kappa shape index (κ2) is 9.98. The first-order chi connectivity index (χ1) is 13.9. The maximum Gasteiger partial charge on any atom is 0.234 e. The van der Waals surface area contributed by atoms with Gasteiger partial charge in [0.25, 0.3) is 0 Å². The number of halogens is 2. The van der Waals surface area contributed by atoms with E-state index in [1.807, 2.05) is 0 Å². The first kappa shape index (κ1) is 22.2. The number of carbonyl (C=O) groups excluding carboxylic acids is 1. The van der Waals surface area contributed by atoms with Crippen molar-refractivity contribution >= 4 is 57.9 Å². The van der Waals surface area contributed by atoms with E-state index in [1.165, 1.54) is 22.2 Å². The molecule has 5 nitrogen and oxygen atoms in total. The number of hydrogen-bond acceptors (Lipinski definition) is 5. The topological polar surface area (TPSA) is 59.8 Å². The van der Waals surface area contributed by atoms with E-state index in [0.717, 1.165) is 35.9 Å². The van der Waals surface area contributed by atoms with Crippen LogP contribution < -0.4 is 5.32 Å². The summed E-state index contributed by atoms with van der Waals surface area (Å²) in [6, 6.07) is 4.98. The molecule has 0 bridgehead atoms. The monoisotopic (exact) mass is 468 g/mol. The van der Waals surface area contributed by atoms with Crippen LogP contribution in [0, 0.1) is 6.92 Å². The van der Waals surface area contributed by atoms with Gasteiger partial charge in [0, 0.05) is 27.4 Å². The third kappa shape index (κ3) is 5.15. The average molecular weight is 469 g/mol. The van der Waals surface area contributed by atoms with Gasteiger partial charge in [0.15, 0.2) is 11.0 Å². The van der Waals surface area contributed by atoms with E-state index in [0.29, 0.717) is 15.7 Å². The van der Waals surface area contributed by atoms with Gasteiger partial charge in [0.1, 0.15) is 0 Å². The summed E-state index contributed by atoms with van der Waals surface area (Å²) < 4.78 is 2.11. The normalized spacial score (nSPS) is 11.1. The standard InChI is InChI=1S/C20H22Cl2N4OS2/c1-4-8-26-19(15-10-28-12(3)14(15)5-2)24-25-20(26)29-11-18(27)23-17-7-6-13(21)9-16(17)22/h6-7,9-10H,4-5,8,11H2,1-3H3,(H,23,27). The highest BCUT2D eigenvalue weighted by Crippen LogP contribution is 2.33. The molecule has 0 spiro atoms. The van der Waals surface area contributed by atoms with Gasteiger partial charge in [-0.1, -0.05) is 48.8 Å². The molecule has 3 aromatic rings. The Morgan fingerprint density at radius 1 is 1.28 bits per heavy atom. The highest BCUT2D eigenvalue weighted by molar-refractivity contribution is 7.99. The molecule has 9 heteroatoms. The lowest BCUT2D eigenvalue weighted by Crippen LogP contribution is -2.15. The Hall–Kier alpha value is -1.54. The lowest BCUT2D eigenvalue weighted by atomic mass is 10.1. The van der Waals surface area contributed by atoms with Gasteiger partial charge in [-0.15, -0.1) is 21.5 Å². The van der Waals surface area contributed by atoms with Gasteiger partial charge in [0.05, 0.1) is 16.5 Å². The lowest BCUT2D eigenvalue weighted by Gasteiger charge is -2.10. The minimum absolute atomic E-state index is 0.160. The maximum atomic E-state index is 12.4. The van der Waals surface area contributed by atoms with E-state index >= 15 is 0 Å². The molecule has 0 saturated carbocycles. The molecule has 0 radical (unpaired) electrons. The fraction of sp³-hybridized carbons (Fsp3) is 0.350. The molecule has 1 amide bonds. The summed E-state index contributed by atoms with van der Waals surface area (Å²) in [4.78, 5) is 13.7. The molecule has 2 heterocycles. The number of carbonyl (C=O) groups is 1. The summed E-state index contributed by atoms with van der Waals surface area (Å²) in [5.41, 5.74) is 2.99. The van der Waals surface area contributed by atoms with Crippen LogP contribution in [0.4, 0.5) is 5.69 Å². The molecule has 0 unspecified atom stereocenters. The zero-order valence-corrected chi connectivity index (χ0v) is 19.6. The SMILES string of the molecule is CCCn1c(SCC(=O)Nc2ccc(Cl)cc2Cl)nnc1-c1csc(C)c1CC. The molecule has 2 aromatic heterocycles. The number of aryl methyl sites for hydroxylation is 1. The summed E-state index contributed by atoms with van der Waals surface area (Å²) in [5, 5.41) is 15.4. The number of anilines is 1. The van der Waals surface area contributed by atoms with Gasteiger partial charge in [0.2, 0.25) is 5.91 Å². The van der Waals surface area contributed by atoms with E-state index in [-0.39, 0.29) is 11.7 Å². The Bertz CT molecular complexity index is 1020. The predicted molar refractivity (Wildman–Crippen MR) is 124 cm³/mol. The van der Waals surface area contributed by atoms with Crippen LogP contribution in [0.25, 0.3) is 11.4 Å². The third-order valence-corrected chi connectivity index (χ3v) is 6.87. The second-order valence-corrected chi connectivity index (χ2v) is 9.33. The molecule has 0 atom stereocenters. The number of amides is 1. The van der Waals surface area contributed by atoms with E-state index in [4.69, 9.17) is 23.2 Å². The van der Waals surface area contributed by atoms with Crippen LogP contribution in [-0.4, -0.2) is 26.4 Å². The quantitative estimate of drug-likeness (QED) is 0.392. The van der Waals surface area contributed by atoms with Crippen molar-refractivity contribution < 1.29 is 4.79 Å². The van der Waals surface area contributed by atoms with Crippen LogP contribution in [0.5, 0.6) is 0 Å². The summed E-state index contributed by atoms with van der Waals surface area (Å²) in [5.74, 6) is 0.925. The minimum Gasteiger partial charge on any atom is -0.324 e. The van der Waals surface area contributed by atoms with Gasteiger partial charge in [-0.2, -0.15) is 0 Å². The van der Waals surface area contributed by atoms with E-state index in [1.54, 1.807) is 29.5 Å². The molecular weight excluding hydrogens is 447 g/mol. The van der Waals surface area contributed by atoms with Crippen LogP contribution in [0.1, 0.15) is 30.7 Å². The van der Waals surface area contributed by atoms with Crippen molar-refractivity contribution in [3.63, 3.8) is 0 Å². The zero-order chi connectivity index (χ0) is 21.0. The van der Waals surface area contributed by atoms with Crippen LogP contribution in [0.15, 0.2) is 28.7 Å². The van der Waals surface area contributed by atoms with E-state index in [2.05, 4.69) is 46.2 Å². The van der Waals surface area contributed by atoms with Crippen LogP contribution in [-0.2, 0) is 17.8 Å². The zero-order valence-electron chi connectivity index (χ0n) is 16.5. The number of thiophene rings is 1. The Morgan fingerprint density at radius 2 is 2.07 bits per heavy atom. The molecule has 0 aliphatic rings. The lowest BCUT2D eigenvalue weighted by molar-refractivity contribution is -0.113. The molecule has 29 heavy (non-hydrogen) atoms. The number of hydrogen-bond donors (Lipinski definition) is 1. The number of nitrogens with one attached hydrogen (secondary N) is 1. The summed E-state index contributed by atoms with van der Waals surface area (Å²) in [6.07, 6.45) is 1.91. The largest absolute Gasteiger partial charge is 0.324 e. The molecule has 0 fully saturated rings. The number of thioether (sulfide) groups is 1. The number of nitrogens with zero attached hydrogens (tertiary/aromatic N) is 3. The van der Waals surface area contributed by atoms with Gasteiger partial charge in [-0.3, -0.25) is 4.79 Å². The fourth-order valence-electron chi connectivity index (χ4n) is 3.03.